The van der Waals surface area contributed by atoms with Crippen molar-refractivity contribution >= 4 is 49.6 Å². The first kappa shape index (κ1) is 16.3. The normalized spacial score (nSPS) is 8.57. The standard InChI is InChI=1S/4ClH.O.Sn.Zn/h4*1H;;;/q;;;;-2;+4;+2/p-4. The minimum absolute atomic E-state index is 0. The molecule has 7 heavy (non-hydrogen) atoms. The van der Waals surface area contributed by atoms with E-state index in [1.165, 1.54) is 0 Å². The van der Waals surface area contributed by atoms with Crippen molar-refractivity contribution in [3.8, 4) is 0 Å². The summed E-state index contributed by atoms with van der Waals surface area (Å²) in [6, 6.07) is 0. The van der Waals surface area contributed by atoms with Crippen molar-refractivity contribution in [2.45, 2.75) is 0 Å². The monoisotopic (exact) mass is 340 g/mol. The average molecular weight is 342 g/mol. The van der Waals surface area contributed by atoms with E-state index in [0.29, 0.717) is 0 Å². The van der Waals surface area contributed by atoms with Crippen molar-refractivity contribution in [1.82, 2.24) is 0 Å². The van der Waals surface area contributed by atoms with Crippen LogP contribution in [0.3, 0.4) is 0 Å². The summed E-state index contributed by atoms with van der Waals surface area (Å²) in [5, 5.41) is 0. The Hall–Kier alpha value is 2.54. The summed E-state index contributed by atoms with van der Waals surface area (Å²) in [5.74, 6) is 0. The van der Waals surface area contributed by atoms with Gasteiger partial charge in [-0.2, -0.15) is 0 Å². The van der Waals surface area contributed by atoms with Gasteiger partial charge in [0.2, 0.25) is 0 Å². The Morgan fingerprint density at radius 2 is 0.857 bits per heavy atom. The van der Waals surface area contributed by atoms with Crippen LogP contribution in [0.5, 0.6) is 0 Å². The maximum Gasteiger partial charge on any atom is 2.00 e. The Balaban J connectivity index is -0.0000000800. The molecule has 0 saturated carbocycles. The van der Waals surface area contributed by atoms with Gasteiger partial charge in [-0.15, -0.1) is 0 Å². The zero-order valence-corrected chi connectivity index (χ0v) is 12.0. The molecule has 0 aliphatic carbocycles. The van der Waals surface area contributed by atoms with Gasteiger partial charge in [0, 0.05) is 0 Å². The summed E-state index contributed by atoms with van der Waals surface area (Å²) in [5.41, 5.74) is 0. The van der Waals surface area contributed by atoms with Gasteiger partial charge >= 0.3 is 69.0 Å². The molecule has 0 aromatic carbocycles. The second kappa shape index (κ2) is 6.66. The fraction of sp³-hybridized carbons (Fsp3) is 0. The molecule has 0 amide bonds. The van der Waals surface area contributed by atoms with E-state index in [4.69, 9.17) is 35.7 Å². The van der Waals surface area contributed by atoms with E-state index in [0.717, 1.165) is 0 Å². The van der Waals surface area contributed by atoms with Crippen molar-refractivity contribution in [1.29, 1.82) is 0 Å². The number of hydrogen-bond acceptors (Lipinski definition) is 0. The molecule has 0 heterocycles. The molecule has 0 saturated heterocycles. The molecule has 0 aliphatic heterocycles. The molecule has 0 rings (SSSR count). The Bertz CT molecular complexity index is 27.2. The van der Waals surface area contributed by atoms with Crippen molar-refractivity contribution < 1.29 is 25.0 Å². The third-order valence-corrected chi connectivity index (χ3v) is 0. The van der Waals surface area contributed by atoms with Crippen LogP contribution in [0, 0.1) is 0 Å². The molecule has 0 spiro atoms. The molecule has 40 valence electrons. The van der Waals surface area contributed by atoms with Crippen LogP contribution in [0.1, 0.15) is 0 Å². The van der Waals surface area contributed by atoms with Crippen molar-refractivity contribution in [2.75, 3.05) is 0 Å². The van der Waals surface area contributed by atoms with Crippen molar-refractivity contribution in [3.63, 3.8) is 0 Å². The Morgan fingerprint density at radius 1 is 0.857 bits per heavy atom. The van der Waals surface area contributed by atoms with E-state index in [1.807, 2.05) is 0 Å². The average Bonchev–Trinajstić information content (AvgIpc) is 0.722. The van der Waals surface area contributed by atoms with Gasteiger partial charge in [0.05, 0.1) is 0 Å². The van der Waals surface area contributed by atoms with Crippen LogP contribution in [0.4, 0.5) is 0 Å². The molecule has 7 heteroatoms. The fourth-order valence-electron chi connectivity index (χ4n) is 0. The molecule has 0 fully saturated rings. The third-order valence-electron chi connectivity index (χ3n) is 0. The second-order valence-corrected chi connectivity index (χ2v) is 25.9. The Morgan fingerprint density at radius 3 is 0.857 bits per heavy atom. The predicted octanol–water partition coefficient (Wildman–Crippen LogP) is 2.26. The van der Waals surface area contributed by atoms with Crippen LogP contribution in [0.15, 0.2) is 0 Å². The predicted molar refractivity (Wildman–Crippen MR) is 29.9 cm³/mol. The first-order chi connectivity index (χ1) is 2.00. The van der Waals surface area contributed by atoms with Gasteiger partial charge in [-0.1, -0.05) is 0 Å². The second-order valence-electron chi connectivity index (χ2n) is 0.429. The number of halogens is 4. The Labute approximate surface area is 73.4 Å². The van der Waals surface area contributed by atoms with Gasteiger partial charge in [0.15, 0.2) is 0 Å². The van der Waals surface area contributed by atoms with Gasteiger partial charge in [-0.25, -0.2) is 0 Å². The van der Waals surface area contributed by atoms with E-state index in [-0.39, 0.29) is 25.0 Å². The zero-order chi connectivity index (χ0) is 4.50. The molecule has 0 radical (unpaired) electrons. The van der Waals surface area contributed by atoms with Gasteiger partial charge in [0.1, 0.15) is 0 Å². The fourth-order valence-corrected chi connectivity index (χ4v) is 0. The van der Waals surface area contributed by atoms with E-state index >= 15 is 0 Å². The van der Waals surface area contributed by atoms with E-state index in [9.17, 15) is 0 Å². The van der Waals surface area contributed by atoms with Crippen molar-refractivity contribution in [3.05, 3.63) is 0 Å². The summed E-state index contributed by atoms with van der Waals surface area (Å²) in [6.07, 6.45) is 0. The molecule has 0 N–H and O–H groups in total. The largest absolute Gasteiger partial charge is 2.00 e. The molecular weight excluding hydrogens is 342 g/mol. The Kier molecular flexibility index (Phi) is 15.5. The molecule has 0 atom stereocenters. The molecular formula is Cl4OSnZn. The van der Waals surface area contributed by atoms with E-state index < -0.39 is 13.9 Å². The molecule has 0 aromatic heterocycles. The smallest absolute Gasteiger partial charge is 2.00 e. The van der Waals surface area contributed by atoms with Crippen LogP contribution < -0.4 is 0 Å². The zero-order valence-electron chi connectivity index (χ0n) is 3.13. The minimum atomic E-state index is -3.29. The van der Waals surface area contributed by atoms with Crippen LogP contribution >= 0.6 is 35.7 Å². The molecule has 0 unspecified atom stereocenters. The number of hydrogen-bond donors (Lipinski definition) is 0. The summed E-state index contributed by atoms with van der Waals surface area (Å²) in [4.78, 5) is 0. The summed E-state index contributed by atoms with van der Waals surface area (Å²) < 4.78 is 0. The minimum Gasteiger partial charge on any atom is -2.00 e. The van der Waals surface area contributed by atoms with Crippen LogP contribution in [0.25, 0.3) is 0 Å². The topological polar surface area (TPSA) is 28.5 Å². The summed E-state index contributed by atoms with van der Waals surface area (Å²) >= 11 is -3.29. The van der Waals surface area contributed by atoms with Gasteiger partial charge in [-0.3, -0.25) is 0 Å². The van der Waals surface area contributed by atoms with E-state index in [1.54, 1.807) is 0 Å². The molecule has 0 aromatic rings. The summed E-state index contributed by atoms with van der Waals surface area (Å²) in [7, 11) is 20.1. The van der Waals surface area contributed by atoms with E-state index in [2.05, 4.69) is 0 Å². The van der Waals surface area contributed by atoms with Gasteiger partial charge in [0.25, 0.3) is 0 Å². The maximum absolute atomic E-state index is 5.04. The van der Waals surface area contributed by atoms with Crippen LogP contribution in [0.2, 0.25) is 0 Å². The number of rotatable bonds is 0. The van der Waals surface area contributed by atoms with Gasteiger partial charge in [-0.05, 0) is 0 Å². The van der Waals surface area contributed by atoms with Crippen molar-refractivity contribution in [2.24, 2.45) is 0 Å². The quantitative estimate of drug-likeness (QED) is 0.605. The molecule has 0 bridgehead atoms. The van der Waals surface area contributed by atoms with Crippen LogP contribution in [-0.4, -0.2) is 13.9 Å². The first-order valence-electron chi connectivity index (χ1n) is 0.756. The molecule has 1 nitrogen and oxygen atoms in total. The SMILES string of the molecule is [Cl][Sn]([Cl])([Cl])[Cl].[O-2].[Zn+2]. The molecule has 0 aliphatic rings. The summed E-state index contributed by atoms with van der Waals surface area (Å²) in [6.45, 7) is 0. The first-order valence-corrected chi connectivity index (χ1v) is 15.2. The third kappa shape index (κ3) is 56.6. The van der Waals surface area contributed by atoms with Crippen LogP contribution in [-0.2, 0) is 25.0 Å². The van der Waals surface area contributed by atoms with Gasteiger partial charge < -0.3 is 5.48 Å². The maximum atomic E-state index is 5.04.